The second-order valence-corrected chi connectivity index (χ2v) is 4.98. The van der Waals surface area contributed by atoms with Gasteiger partial charge in [-0.05, 0) is 23.7 Å². The molecule has 1 unspecified atom stereocenters. The van der Waals surface area contributed by atoms with Crippen molar-refractivity contribution in [2.24, 2.45) is 11.3 Å². The van der Waals surface area contributed by atoms with Gasteiger partial charge in [0.25, 0.3) is 0 Å². The van der Waals surface area contributed by atoms with Crippen LogP contribution in [0.3, 0.4) is 0 Å². The molecule has 1 atom stereocenters. The average molecular weight is 265 g/mol. The minimum Gasteiger partial charge on any atom is -0.197 e. The van der Waals surface area contributed by atoms with Crippen LogP contribution in [0, 0.1) is 34.0 Å². The number of rotatable bonds is 3. The van der Waals surface area contributed by atoms with E-state index in [-0.39, 0.29) is 5.92 Å². The molecule has 0 aromatic carbocycles. The van der Waals surface area contributed by atoms with Gasteiger partial charge in [-0.3, -0.25) is 0 Å². The van der Waals surface area contributed by atoms with Gasteiger partial charge in [0.15, 0.2) is 5.41 Å². The molecule has 3 heteroatoms. The molecular formula is C12H13BrN2. The summed E-state index contributed by atoms with van der Waals surface area (Å²) in [7, 11) is 0. The summed E-state index contributed by atoms with van der Waals surface area (Å²) in [5.74, 6) is 0.0375. The molecular weight excluding hydrogens is 252 g/mol. The molecule has 0 heterocycles. The minimum atomic E-state index is -0.947. The van der Waals surface area contributed by atoms with Crippen LogP contribution in [-0.2, 0) is 0 Å². The quantitative estimate of drug-likeness (QED) is 0.731. The first-order valence-corrected chi connectivity index (χ1v) is 5.76. The van der Waals surface area contributed by atoms with Crippen molar-refractivity contribution < 1.29 is 0 Å². The Hall–Kier alpha value is -1.06. The molecule has 1 aliphatic carbocycles. The van der Waals surface area contributed by atoms with E-state index in [1.165, 1.54) is 0 Å². The molecule has 0 spiro atoms. The highest BCUT2D eigenvalue weighted by Gasteiger charge is 2.38. The van der Waals surface area contributed by atoms with Gasteiger partial charge < -0.3 is 0 Å². The standard InChI is InChI=1S/C12H13BrN2/c1-10(13)7-12(8-14,9-15)11-5-3-2-4-6-11/h3,5,11H,1-2,4,6-7H2. The normalized spacial score (nSPS) is 20.3. The van der Waals surface area contributed by atoms with Crippen molar-refractivity contribution >= 4 is 15.9 Å². The molecule has 0 saturated heterocycles. The lowest BCUT2D eigenvalue weighted by Gasteiger charge is -2.28. The van der Waals surface area contributed by atoms with E-state index in [0.717, 1.165) is 19.3 Å². The molecule has 15 heavy (non-hydrogen) atoms. The number of halogens is 1. The average Bonchev–Trinajstić information content (AvgIpc) is 2.27. The van der Waals surface area contributed by atoms with E-state index in [1.807, 2.05) is 6.08 Å². The van der Waals surface area contributed by atoms with E-state index in [9.17, 15) is 10.5 Å². The molecule has 0 aromatic rings. The number of nitriles is 2. The Morgan fingerprint density at radius 2 is 2.20 bits per heavy atom. The second kappa shape index (κ2) is 5.14. The molecule has 0 amide bonds. The van der Waals surface area contributed by atoms with Crippen molar-refractivity contribution in [3.8, 4) is 12.1 Å². The fourth-order valence-corrected chi connectivity index (χ4v) is 2.37. The zero-order chi connectivity index (χ0) is 11.3. The van der Waals surface area contributed by atoms with Crippen molar-refractivity contribution in [2.75, 3.05) is 0 Å². The van der Waals surface area contributed by atoms with Crippen LogP contribution in [0.5, 0.6) is 0 Å². The first-order valence-electron chi connectivity index (χ1n) is 4.97. The first-order chi connectivity index (χ1) is 7.14. The largest absolute Gasteiger partial charge is 0.197 e. The van der Waals surface area contributed by atoms with Crippen LogP contribution in [-0.4, -0.2) is 0 Å². The molecule has 0 bridgehead atoms. The molecule has 2 nitrogen and oxygen atoms in total. The number of hydrogen-bond donors (Lipinski definition) is 0. The highest BCUT2D eigenvalue weighted by atomic mass is 79.9. The lowest BCUT2D eigenvalue weighted by atomic mass is 9.71. The van der Waals surface area contributed by atoms with Gasteiger partial charge in [0.2, 0.25) is 0 Å². The number of nitrogens with zero attached hydrogens (tertiary/aromatic N) is 2. The Bertz CT molecular complexity index is 343. The van der Waals surface area contributed by atoms with E-state index in [1.54, 1.807) is 0 Å². The lowest BCUT2D eigenvalue weighted by molar-refractivity contribution is 0.344. The van der Waals surface area contributed by atoms with Gasteiger partial charge in [-0.1, -0.05) is 34.7 Å². The predicted octanol–water partition coefficient (Wildman–Crippen LogP) is 3.67. The monoisotopic (exact) mass is 264 g/mol. The Kier molecular flexibility index (Phi) is 4.12. The van der Waals surface area contributed by atoms with E-state index in [2.05, 4.69) is 40.7 Å². The summed E-state index contributed by atoms with van der Waals surface area (Å²) in [4.78, 5) is 0. The zero-order valence-electron chi connectivity index (χ0n) is 8.54. The Morgan fingerprint density at radius 1 is 1.53 bits per heavy atom. The van der Waals surface area contributed by atoms with Gasteiger partial charge in [0.1, 0.15) is 0 Å². The SMILES string of the molecule is C=C(Br)CC(C#N)(C#N)C1C=CCCC1. The van der Waals surface area contributed by atoms with Crippen LogP contribution in [0.25, 0.3) is 0 Å². The summed E-state index contributed by atoms with van der Waals surface area (Å²) >= 11 is 3.24. The van der Waals surface area contributed by atoms with Crippen molar-refractivity contribution in [3.05, 3.63) is 23.2 Å². The molecule has 0 radical (unpaired) electrons. The van der Waals surface area contributed by atoms with Gasteiger partial charge in [0, 0.05) is 12.3 Å². The summed E-state index contributed by atoms with van der Waals surface area (Å²) < 4.78 is 0.713. The molecule has 0 saturated carbocycles. The Balaban J connectivity index is 2.95. The second-order valence-electron chi connectivity index (χ2n) is 3.85. The Labute approximate surface area is 99.0 Å². The molecule has 0 aliphatic heterocycles. The summed E-state index contributed by atoms with van der Waals surface area (Å²) in [5.41, 5.74) is -0.947. The maximum absolute atomic E-state index is 9.21. The van der Waals surface area contributed by atoms with Gasteiger partial charge >= 0.3 is 0 Å². The van der Waals surface area contributed by atoms with Gasteiger partial charge in [-0.2, -0.15) is 10.5 Å². The number of hydrogen-bond acceptors (Lipinski definition) is 2. The summed E-state index contributed by atoms with van der Waals surface area (Å²) in [6.45, 7) is 3.72. The zero-order valence-corrected chi connectivity index (χ0v) is 10.1. The Morgan fingerprint density at radius 3 is 2.60 bits per heavy atom. The first kappa shape index (κ1) is 12.0. The summed E-state index contributed by atoms with van der Waals surface area (Å²) in [6.07, 6.45) is 7.49. The van der Waals surface area contributed by atoms with E-state index in [4.69, 9.17) is 0 Å². The van der Waals surface area contributed by atoms with Gasteiger partial charge in [-0.25, -0.2) is 0 Å². The fraction of sp³-hybridized carbons (Fsp3) is 0.500. The van der Waals surface area contributed by atoms with E-state index in [0.29, 0.717) is 10.9 Å². The van der Waals surface area contributed by atoms with Crippen LogP contribution >= 0.6 is 15.9 Å². The van der Waals surface area contributed by atoms with Crippen molar-refractivity contribution in [1.29, 1.82) is 10.5 Å². The van der Waals surface area contributed by atoms with Crippen LogP contribution in [0.15, 0.2) is 23.2 Å². The third-order valence-corrected chi connectivity index (χ3v) is 3.04. The lowest BCUT2D eigenvalue weighted by Crippen LogP contribution is -2.27. The van der Waals surface area contributed by atoms with E-state index >= 15 is 0 Å². The predicted molar refractivity (Wildman–Crippen MR) is 62.8 cm³/mol. The maximum Gasteiger partial charge on any atom is 0.154 e. The smallest absolute Gasteiger partial charge is 0.154 e. The molecule has 0 aromatic heterocycles. The molecule has 1 rings (SSSR count). The summed E-state index contributed by atoms with van der Waals surface area (Å²) in [6, 6.07) is 4.33. The number of allylic oxidation sites excluding steroid dienone is 3. The third kappa shape index (κ3) is 2.70. The molecule has 78 valence electrons. The van der Waals surface area contributed by atoms with E-state index < -0.39 is 5.41 Å². The van der Waals surface area contributed by atoms with Crippen LogP contribution < -0.4 is 0 Å². The van der Waals surface area contributed by atoms with Crippen molar-refractivity contribution in [2.45, 2.75) is 25.7 Å². The highest BCUT2D eigenvalue weighted by Crippen LogP contribution is 2.40. The minimum absolute atomic E-state index is 0.0375. The fourth-order valence-electron chi connectivity index (χ4n) is 1.93. The van der Waals surface area contributed by atoms with Gasteiger partial charge in [0.05, 0.1) is 12.1 Å². The maximum atomic E-state index is 9.21. The molecule has 1 aliphatic rings. The third-order valence-electron chi connectivity index (χ3n) is 2.76. The van der Waals surface area contributed by atoms with Crippen molar-refractivity contribution in [1.82, 2.24) is 0 Å². The molecule has 0 N–H and O–H groups in total. The highest BCUT2D eigenvalue weighted by molar-refractivity contribution is 9.11. The van der Waals surface area contributed by atoms with Crippen molar-refractivity contribution in [3.63, 3.8) is 0 Å². The summed E-state index contributed by atoms with van der Waals surface area (Å²) in [5, 5.41) is 18.4. The van der Waals surface area contributed by atoms with Gasteiger partial charge in [-0.15, -0.1) is 0 Å². The van der Waals surface area contributed by atoms with Crippen LogP contribution in [0.1, 0.15) is 25.7 Å². The van der Waals surface area contributed by atoms with Crippen LogP contribution in [0.4, 0.5) is 0 Å². The molecule has 0 fully saturated rings. The topological polar surface area (TPSA) is 47.6 Å². The van der Waals surface area contributed by atoms with Crippen LogP contribution in [0.2, 0.25) is 0 Å².